The maximum atomic E-state index is 11.7. The monoisotopic (exact) mass is 261 g/mol. The molecular formula is C17H11NO2. The summed E-state index contributed by atoms with van der Waals surface area (Å²) in [6.07, 6.45) is 3.53. The van der Waals surface area contributed by atoms with Crippen LogP contribution in [0.4, 0.5) is 5.69 Å². The molecule has 2 amide bonds. The molecule has 1 aliphatic heterocycles. The highest BCUT2D eigenvalue weighted by molar-refractivity contribution is 6.28. The lowest BCUT2D eigenvalue weighted by Crippen LogP contribution is -2.29. The van der Waals surface area contributed by atoms with Crippen molar-refractivity contribution in [1.82, 2.24) is 0 Å². The van der Waals surface area contributed by atoms with Crippen LogP contribution >= 0.6 is 0 Å². The first-order valence-corrected chi connectivity index (χ1v) is 6.51. The summed E-state index contributed by atoms with van der Waals surface area (Å²) in [4.78, 5) is 24.7. The Morgan fingerprint density at radius 2 is 1.50 bits per heavy atom. The molecule has 0 bridgehead atoms. The number of amides is 2. The van der Waals surface area contributed by atoms with Crippen molar-refractivity contribution in [3.05, 3.63) is 65.7 Å². The van der Waals surface area contributed by atoms with Gasteiger partial charge in [-0.15, -0.1) is 0 Å². The number of fused-ring (bicyclic) bond motifs is 3. The third-order valence-electron chi connectivity index (χ3n) is 3.85. The van der Waals surface area contributed by atoms with Gasteiger partial charge >= 0.3 is 0 Å². The van der Waals surface area contributed by atoms with Crippen LogP contribution in [0.5, 0.6) is 0 Å². The van der Waals surface area contributed by atoms with E-state index >= 15 is 0 Å². The Balaban J connectivity index is 1.84. The van der Waals surface area contributed by atoms with Crippen molar-refractivity contribution in [1.29, 1.82) is 0 Å². The van der Waals surface area contributed by atoms with Crippen molar-refractivity contribution < 1.29 is 9.59 Å². The van der Waals surface area contributed by atoms with Gasteiger partial charge in [0.25, 0.3) is 11.8 Å². The first-order chi connectivity index (χ1) is 9.74. The number of carbonyl (C=O) groups excluding carboxylic acids is 2. The van der Waals surface area contributed by atoms with E-state index in [1.165, 1.54) is 33.7 Å². The van der Waals surface area contributed by atoms with E-state index < -0.39 is 0 Å². The predicted octanol–water partition coefficient (Wildman–Crippen LogP) is 2.69. The number of carbonyl (C=O) groups is 2. The molecule has 2 aromatic rings. The van der Waals surface area contributed by atoms with Gasteiger partial charge in [-0.2, -0.15) is 0 Å². The lowest BCUT2D eigenvalue weighted by atomic mass is 10.0. The summed E-state index contributed by atoms with van der Waals surface area (Å²) in [7, 11) is 0. The van der Waals surface area contributed by atoms with Crippen LogP contribution in [0.2, 0.25) is 0 Å². The van der Waals surface area contributed by atoms with Crippen molar-refractivity contribution in [2.24, 2.45) is 0 Å². The molecule has 1 aliphatic carbocycles. The second kappa shape index (κ2) is 3.90. The van der Waals surface area contributed by atoms with Crippen LogP contribution in [0.1, 0.15) is 11.1 Å². The molecule has 4 rings (SSSR count). The second-order valence-corrected chi connectivity index (χ2v) is 5.02. The summed E-state index contributed by atoms with van der Waals surface area (Å²) in [5.41, 5.74) is 5.47. The predicted molar refractivity (Wildman–Crippen MR) is 76.3 cm³/mol. The normalized spacial score (nSPS) is 15.7. The van der Waals surface area contributed by atoms with E-state index in [1.807, 2.05) is 30.3 Å². The lowest BCUT2D eigenvalue weighted by Gasteiger charge is -2.15. The van der Waals surface area contributed by atoms with Crippen molar-refractivity contribution >= 4 is 17.5 Å². The topological polar surface area (TPSA) is 37.4 Å². The summed E-state index contributed by atoms with van der Waals surface area (Å²) in [5, 5.41) is 0. The summed E-state index contributed by atoms with van der Waals surface area (Å²) in [5.74, 6) is -0.553. The number of hydrogen-bond donors (Lipinski definition) is 0. The fourth-order valence-corrected chi connectivity index (χ4v) is 2.91. The summed E-state index contributed by atoms with van der Waals surface area (Å²) < 4.78 is 0. The summed E-state index contributed by atoms with van der Waals surface area (Å²) in [6, 6.07) is 14.0. The molecule has 0 aromatic heterocycles. The van der Waals surface area contributed by atoms with E-state index in [0.29, 0.717) is 5.69 Å². The van der Waals surface area contributed by atoms with Gasteiger partial charge in [-0.1, -0.05) is 30.3 Å². The number of benzene rings is 2. The molecule has 2 aromatic carbocycles. The van der Waals surface area contributed by atoms with Crippen LogP contribution in [0.3, 0.4) is 0 Å². The van der Waals surface area contributed by atoms with Crippen LogP contribution in [0.15, 0.2) is 54.6 Å². The molecule has 0 saturated heterocycles. The average molecular weight is 261 g/mol. The Labute approximate surface area is 116 Å². The van der Waals surface area contributed by atoms with E-state index in [2.05, 4.69) is 12.1 Å². The Morgan fingerprint density at radius 3 is 2.30 bits per heavy atom. The smallest absolute Gasteiger partial charge is 0.258 e. The molecule has 2 aliphatic rings. The minimum Gasteiger partial charge on any atom is -0.269 e. The van der Waals surface area contributed by atoms with Crippen LogP contribution in [0.25, 0.3) is 11.1 Å². The minimum atomic E-state index is -0.277. The largest absolute Gasteiger partial charge is 0.269 e. The zero-order chi connectivity index (χ0) is 13.7. The first-order valence-electron chi connectivity index (χ1n) is 6.51. The molecule has 3 nitrogen and oxygen atoms in total. The molecule has 0 N–H and O–H groups in total. The standard InChI is InChI=1S/C17H11NO2/c19-16-7-8-17(20)18(16)13-6-5-12-9-11-3-1-2-4-14(11)15(12)10-13/h1-8,10H,9H2. The Hall–Kier alpha value is -2.68. The molecule has 0 radical (unpaired) electrons. The van der Waals surface area contributed by atoms with E-state index in [1.54, 1.807) is 0 Å². The molecular weight excluding hydrogens is 250 g/mol. The minimum absolute atomic E-state index is 0.277. The molecule has 0 atom stereocenters. The van der Waals surface area contributed by atoms with Crippen molar-refractivity contribution in [2.75, 3.05) is 4.90 Å². The zero-order valence-corrected chi connectivity index (χ0v) is 10.7. The van der Waals surface area contributed by atoms with Gasteiger partial charge in [-0.3, -0.25) is 9.59 Å². The molecule has 3 heteroatoms. The summed E-state index contributed by atoms with van der Waals surface area (Å²) in [6.45, 7) is 0. The maximum Gasteiger partial charge on any atom is 0.258 e. The van der Waals surface area contributed by atoms with Gasteiger partial charge < -0.3 is 0 Å². The lowest BCUT2D eigenvalue weighted by molar-refractivity contribution is -0.119. The first kappa shape index (κ1) is 11.2. The molecule has 0 fully saturated rings. The molecule has 20 heavy (non-hydrogen) atoms. The van der Waals surface area contributed by atoms with Gasteiger partial charge in [0.1, 0.15) is 0 Å². The van der Waals surface area contributed by atoms with E-state index in [4.69, 9.17) is 0 Å². The van der Waals surface area contributed by atoms with Crippen molar-refractivity contribution in [2.45, 2.75) is 6.42 Å². The zero-order valence-electron chi connectivity index (χ0n) is 10.7. The van der Waals surface area contributed by atoms with Gasteiger partial charge in [-0.25, -0.2) is 4.90 Å². The highest BCUT2D eigenvalue weighted by atomic mass is 16.2. The van der Waals surface area contributed by atoms with E-state index in [9.17, 15) is 9.59 Å². The van der Waals surface area contributed by atoms with Gasteiger partial charge in [0.05, 0.1) is 5.69 Å². The number of imide groups is 1. The fraction of sp³-hybridized carbons (Fsp3) is 0.0588. The number of hydrogen-bond acceptors (Lipinski definition) is 2. The van der Waals surface area contributed by atoms with Crippen LogP contribution < -0.4 is 4.90 Å². The average Bonchev–Trinajstić information content (AvgIpc) is 2.99. The van der Waals surface area contributed by atoms with Crippen LogP contribution in [-0.4, -0.2) is 11.8 Å². The van der Waals surface area contributed by atoms with Crippen LogP contribution in [0, 0.1) is 0 Å². The second-order valence-electron chi connectivity index (χ2n) is 5.02. The molecule has 96 valence electrons. The number of rotatable bonds is 1. The summed E-state index contributed by atoms with van der Waals surface area (Å²) >= 11 is 0. The highest BCUT2D eigenvalue weighted by Crippen LogP contribution is 2.38. The Morgan fingerprint density at radius 1 is 0.800 bits per heavy atom. The van der Waals surface area contributed by atoms with Crippen LogP contribution in [-0.2, 0) is 16.0 Å². The molecule has 0 spiro atoms. The quantitative estimate of drug-likeness (QED) is 0.631. The number of nitrogens with zero attached hydrogens (tertiary/aromatic N) is 1. The van der Waals surface area contributed by atoms with E-state index in [0.717, 1.165) is 12.0 Å². The molecule has 0 unspecified atom stereocenters. The van der Waals surface area contributed by atoms with Gasteiger partial charge in [0.15, 0.2) is 0 Å². The SMILES string of the molecule is O=C1C=CC(=O)N1c1ccc2c(c1)-c1ccccc1C2. The van der Waals surface area contributed by atoms with Gasteiger partial charge in [-0.05, 0) is 40.8 Å². The Kier molecular flexibility index (Phi) is 2.18. The Bertz CT molecular complexity index is 771. The third-order valence-corrected chi connectivity index (χ3v) is 3.85. The van der Waals surface area contributed by atoms with Crippen molar-refractivity contribution in [3.8, 4) is 11.1 Å². The van der Waals surface area contributed by atoms with Gasteiger partial charge in [0.2, 0.25) is 0 Å². The van der Waals surface area contributed by atoms with Crippen molar-refractivity contribution in [3.63, 3.8) is 0 Å². The highest BCUT2D eigenvalue weighted by Gasteiger charge is 2.27. The maximum absolute atomic E-state index is 11.7. The fourth-order valence-electron chi connectivity index (χ4n) is 2.91. The van der Waals surface area contributed by atoms with E-state index in [-0.39, 0.29) is 11.8 Å². The number of anilines is 1. The molecule has 1 heterocycles. The third kappa shape index (κ3) is 1.46. The van der Waals surface area contributed by atoms with Gasteiger partial charge in [0, 0.05) is 12.2 Å². The molecule has 0 saturated carbocycles.